The molecule has 4 nitrogen and oxygen atoms in total. The van der Waals surface area contributed by atoms with Gasteiger partial charge in [0.05, 0.1) is 0 Å². The first-order valence-electron chi connectivity index (χ1n) is 4.26. The van der Waals surface area contributed by atoms with Crippen LogP contribution >= 0.6 is 0 Å². The molecule has 0 saturated heterocycles. The maximum atomic E-state index is 8.74. The molecule has 1 unspecified atom stereocenters. The molecule has 0 aliphatic carbocycles. The molecule has 74 valence electrons. The number of aliphatic hydroxyl groups excluding tert-OH is 1. The maximum absolute atomic E-state index is 8.74. The van der Waals surface area contributed by atoms with Crippen molar-refractivity contribution in [3.05, 3.63) is 0 Å². The lowest BCUT2D eigenvalue weighted by atomic mass is 10.5. The molecule has 0 aromatic heterocycles. The monoisotopic (exact) mass is 225 g/mol. The lowest BCUT2D eigenvalue weighted by Gasteiger charge is -2.14. The molecule has 0 spiro atoms. The lowest BCUT2D eigenvalue weighted by molar-refractivity contribution is 0.312. The second-order valence-corrected chi connectivity index (χ2v) is 8.92. The molecule has 0 aliphatic rings. The van der Waals surface area contributed by atoms with Crippen molar-refractivity contribution in [2.45, 2.75) is 18.5 Å². The predicted octanol–water partition coefficient (Wildman–Crippen LogP) is -2.64. The van der Waals surface area contributed by atoms with Crippen molar-refractivity contribution in [1.82, 2.24) is 0 Å². The van der Waals surface area contributed by atoms with Crippen LogP contribution in [0.15, 0.2) is 0 Å². The average Bonchev–Trinajstić information content (AvgIpc) is 2.10. The Hall–Kier alpha value is 0.491. The van der Waals surface area contributed by atoms with Crippen LogP contribution in [0, 0.1) is 0 Å². The van der Waals surface area contributed by atoms with Crippen LogP contribution in [0.5, 0.6) is 0 Å². The van der Waals surface area contributed by atoms with Crippen molar-refractivity contribution >= 4 is 29.5 Å². The number of hydrogen-bond acceptors (Lipinski definition) is 4. The molecular weight excluding hydrogens is 206 g/mol. The first-order chi connectivity index (χ1) is 5.85. The highest BCUT2D eigenvalue weighted by Gasteiger charge is 2.09. The smallest absolute Gasteiger partial charge is 0.283 e. The molecule has 0 heterocycles. The van der Waals surface area contributed by atoms with E-state index >= 15 is 0 Å². The van der Waals surface area contributed by atoms with Gasteiger partial charge in [-0.1, -0.05) is 0 Å². The number of aliphatic hydroxyl groups is 1. The highest BCUT2D eigenvalue weighted by Crippen LogP contribution is 2.02. The Labute approximate surface area is 80.8 Å². The Kier molecular flexibility index (Phi) is 9.97. The first kappa shape index (κ1) is 12.5. The van der Waals surface area contributed by atoms with Gasteiger partial charge < -0.3 is 19.1 Å². The van der Waals surface area contributed by atoms with Crippen LogP contribution in [-0.4, -0.2) is 47.8 Å². The third kappa shape index (κ3) is 7.16. The van der Waals surface area contributed by atoms with Crippen molar-refractivity contribution in [1.29, 1.82) is 0 Å². The summed E-state index contributed by atoms with van der Waals surface area (Å²) >= 11 is 0. The summed E-state index contributed by atoms with van der Waals surface area (Å²) in [5, 5.41) is 8.74. The Balaban J connectivity index is 3.40. The van der Waals surface area contributed by atoms with Crippen LogP contribution in [0.1, 0.15) is 6.42 Å². The van der Waals surface area contributed by atoms with E-state index in [1.54, 1.807) is 0 Å². The quantitative estimate of drug-likeness (QED) is 0.444. The Morgan fingerprint density at radius 3 is 2.75 bits per heavy atom. The number of hydrogen-bond donors (Lipinski definition) is 2. The van der Waals surface area contributed by atoms with E-state index < -0.39 is 19.0 Å². The molecule has 12 heavy (non-hydrogen) atoms. The summed E-state index contributed by atoms with van der Waals surface area (Å²) in [4.78, 5) is 0. The topological polar surface area (TPSA) is 64.7 Å². The molecule has 0 rings (SSSR count). The molecule has 0 bridgehead atoms. The van der Waals surface area contributed by atoms with Gasteiger partial charge in [-0.3, -0.25) is 0 Å². The summed E-state index contributed by atoms with van der Waals surface area (Å²) in [5.74, 6) is 0. The van der Waals surface area contributed by atoms with Crippen LogP contribution in [0.4, 0.5) is 0 Å². The maximum Gasteiger partial charge on any atom is 0.283 e. The molecule has 3 N–H and O–H groups in total. The summed E-state index contributed by atoms with van der Waals surface area (Å²) in [6.07, 6.45) is 1.02. The van der Waals surface area contributed by atoms with Gasteiger partial charge in [0.2, 0.25) is 0 Å². The predicted molar refractivity (Wildman–Crippen MR) is 58.2 cm³/mol. The van der Waals surface area contributed by atoms with Gasteiger partial charge in [-0.25, -0.2) is 0 Å². The van der Waals surface area contributed by atoms with Crippen LogP contribution < -0.4 is 5.73 Å². The Morgan fingerprint density at radius 2 is 2.25 bits per heavy atom. The second-order valence-electron chi connectivity index (χ2n) is 2.64. The van der Waals surface area contributed by atoms with Crippen LogP contribution in [0.3, 0.4) is 0 Å². The molecule has 0 aromatic carbocycles. The van der Waals surface area contributed by atoms with Gasteiger partial charge in [0.15, 0.2) is 9.04 Å². The number of nitrogens with two attached hydrogens (primary N) is 1. The summed E-state index contributed by atoms with van der Waals surface area (Å²) < 4.78 is 10.7. The fourth-order valence-corrected chi connectivity index (χ4v) is 6.10. The van der Waals surface area contributed by atoms with Crippen molar-refractivity contribution < 1.29 is 13.3 Å². The summed E-state index contributed by atoms with van der Waals surface area (Å²) in [5.41, 5.74) is 5.39. The van der Waals surface area contributed by atoms with Gasteiger partial charge in [0, 0.05) is 6.61 Å². The van der Waals surface area contributed by atoms with E-state index in [0.29, 0.717) is 0 Å². The highest BCUT2D eigenvalue weighted by atomic mass is 28.4. The number of rotatable bonds is 8. The Morgan fingerprint density at radius 1 is 1.50 bits per heavy atom. The minimum Gasteiger partial charge on any atom is -0.449 e. The first-order valence-corrected chi connectivity index (χ1v) is 8.34. The van der Waals surface area contributed by atoms with Gasteiger partial charge in [0.25, 0.3) is 10.0 Å². The molecule has 0 aliphatic heterocycles. The molecule has 1 atom stereocenters. The minimum absolute atomic E-state index is 0.247. The summed E-state index contributed by atoms with van der Waals surface area (Å²) in [6, 6.07) is 1.92. The highest BCUT2D eigenvalue weighted by molar-refractivity contribution is 6.58. The summed E-state index contributed by atoms with van der Waals surface area (Å²) in [6.45, 7) is 0.971. The van der Waals surface area contributed by atoms with Crippen molar-refractivity contribution in [3.8, 4) is 0 Å². The molecular formula is C5H19NO3Si3. The van der Waals surface area contributed by atoms with Crippen LogP contribution in [0.2, 0.25) is 12.1 Å². The molecule has 7 heteroatoms. The van der Waals surface area contributed by atoms with Crippen molar-refractivity contribution in [2.24, 2.45) is 5.73 Å². The van der Waals surface area contributed by atoms with E-state index in [1.165, 1.54) is 0 Å². The standard InChI is InChI=1S/C5H19NO3Si3/c6-2-1-4-12(5-3-7)9-11-8-10/h7,12H,1-6,11H2,10H3. The normalized spacial score (nSPS) is 14.5. The zero-order chi connectivity index (χ0) is 9.23. The largest absolute Gasteiger partial charge is 0.449 e. The third-order valence-electron chi connectivity index (χ3n) is 1.60. The molecule has 0 saturated carbocycles. The molecule has 0 fully saturated rings. The third-order valence-corrected chi connectivity index (χ3v) is 6.93. The van der Waals surface area contributed by atoms with Crippen LogP contribution in [0.25, 0.3) is 0 Å². The fourth-order valence-electron chi connectivity index (χ4n) is 0.965. The van der Waals surface area contributed by atoms with Gasteiger partial charge >= 0.3 is 0 Å². The zero-order valence-corrected chi connectivity index (χ0v) is 12.2. The average molecular weight is 225 g/mol. The minimum atomic E-state index is -1.14. The van der Waals surface area contributed by atoms with Gasteiger partial charge in [-0.15, -0.1) is 0 Å². The van der Waals surface area contributed by atoms with Gasteiger partial charge in [0.1, 0.15) is 10.5 Å². The molecule has 0 amide bonds. The van der Waals surface area contributed by atoms with Gasteiger partial charge in [-0.2, -0.15) is 0 Å². The molecule has 0 radical (unpaired) electrons. The van der Waals surface area contributed by atoms with E-state index in [1.807, 2.05) is 0 Å². The van der Waals surface area contributed by atoms with E-state index in [-0.39, 0.29) is 6.61 Å². The van der Waals surface area contributed by atoms with E-state index in [4.69, 9.17) is 19.1 Å². The molecule has 0 aromatic rings. The second kappa shape index (κ2) is 9.58. The Bertz CT molecular complexity index is 90.0. The fraction of sp³-hybridized carbons (Fsp3) is 1.00. The zero-order valence-electron chi connectivity index (χ0n) is 7.66. The van der Waals surface area contributed by atoms with E-state index in [2.05, 4.69) is 0 Å². The lowest BCUT2D eigenvalue weighted by Crippen LogP contribution is -2.23. The van der Waals surface area contributed by atoms with E-state index in [0.717, 1.165) is 35.5 Å². The SMILES string of the molecule is NCCC[SiH](CCO)O[SiH2]O[SiH3]. The van der Waals surface area contributed by atoms with Gasteiger partial charge in [-0.05, 0) is 25.1 Å². The summed E-state index contributed by atoms with van der Waals surface area (Å²) in [7, 11) is -1.07. The van der Waals surface area contributed by atoms with E-state index in [9.17, 15) is 0 Å². The van der Waals surface area contributed by atoms with Crippen molar-refractivity contribution in [3.63, 3.8) is 0 Å². The van der Waals surface area contributed by atoms with Crippen LogP contribution in [-0.2, 0) is 8.23 Å². The van der Waals surface area contributed by atoms with Crippen molar-refractivity contribution in [2.75, 3.05) is 13.2 Å².